The van der Waals surface area contributed by atoms with Gasteiger partial charge in [-0.3, -0.25) is 9.69 Å². The second kappa shape index (κ2) is 8.93. The van der Waals surface area contributed by atoms with E-state index in [9.17, 15) is 4.79 Å². The number of ether oxygens (including phenoxy) is 1. The number of aryl methyl sites for hydroxylation is 2. The van der Waals surface area contributed by atoms with Gasteiger partial charge in [-0.15, -0.1) is 0 Å². The smallest absolute Gasteiger partial charge is 0.178 e. The Hall–Kier alpha value is -2.11. The minimum Gasteiger partial charge on any atom is -0.383 e. The van der Waals surface area contributed by atoms with Crippen molar-refractivity contribution in [3.8, 4) is 0 Å². The summed E-state index contributed by atoms with van der Waals surface area (Å²) in [6.45, 7) is 14.2. The highest BCUT2D eigenvalue weighted by molar-refractivity contribution is 5.99. The second-order valence-electron chi connectivity index (χ2n) is 7.83. The van der Waals surface area contributed by atoms with Gasteiger partial charge in [0.25, 0.3) is 0 Å². The number of piperazine rings is 1. The van der Waals surface area contributed by atoms with Crippen molar-refractivity contribution in [3.63, 3.8) is 0 Å². The fourth-order valence-electron chi connectivity index (χ4n) is 4.12. The summed E-state index contributed by atoms with van der Waals surface area (Å²) in [5, 5.41) is 0. The molecule has 0 amide bonds. The van der Waals surface area contributed by atoms with E-state index in [2.05, 4.69) is 53.3 Å². The number of aromatic nitrogens is 1. The van der Waals surface area contributed by atoms with Crippen LogP contribution in [0, 0.1) is 27.7 Å². The summed E-state index contributed by atoms with van der Waals surface area (Å²) in [4.78, 5) is 17.7. The number of nitrogens with zero attached hydrogens (tertiary/aromatic N) is 3. The minimum absolute atomic E-state index is 0.219. The number of benzene rings is 1. The zero-order valence-electron chi connectivity index (χ0n) is 17.9. The number of Topliss-reactive ketones (excluding diaryl/α,β-unsaturated/α-hetero) is 1. The van der Waals surface area contributed by atoms with Gasteiger partial charge in [0.1, 0.15) is 0 Å². The van der Waals surface area contributed by atoms with Crippen LogP contribution < -0.4 is 4.90 Å². The lowest BCUT2D eigenvalue weighted by atomic mass is 10.1. The maximum Gasteiger partial charge on any atom is 0.178 e. The van der Waals surface area contributed by atoms with Crippen LogP contribution in [0.1, 0.15) is 32.9 Å². The Labute approximate surface area is 168 Å². The lowest BCUT2D eigenvalue weighted by molar-refractivity contribution is 0.0925. The molecule has 0 bridgehead atoms. The number of ketones is 1. The molecular formula is C23H33N3O2. The van der Waals surface area contributed by atoms with Crippen molar-refractivity contribution < 1.29 is 9.53 Å². The predicted octanol–water partition coefficient (Wildman–Crippen LogP) is 3.37. The van der Waals surface area contributed by atoms with Crippen molar-refractivity contribution in [1.82, 2.24) is 9.47 Å². The zero-order chi connectivity index (χ0) is 20.3. The van der Waals surface area contributed by atoms with E-state index < -0.39 is 0 Å². The topological polar surface area (TPSA) is 37.7 Å². The van der Waals surface area contributed by atoms with E-state index in [-0.39, 0.29) is 5.78 Å². The number of carbonyl (C=O) groups is 1. The first kappa shape index (κ1) is 20.6. The van der Waals surface area contributed by atoms with Gasteiger partial charge < -0.3 is 14.2 Å². The number of hydrogen-bond donors (Lipinski definition) is 0. The molecule has 0 saturated carbocycles. The third-order valence-electron chi connectivity index (χ3n) is 6.05. The molecule has 0 spiro atoms. The lowest BCUT2D eigenvalue weighted by Gasteiger charge is -2.36. The normalized spacial score (nSPS) is 15.2. The highest BCUT2D eigenvalue weighted by atomic mass is 16.5. The second-order valence-corrected chi connectivity index (χ2v) is 7.83. The first-order valence-corrected chi connectivity index (χ1v) is 10.1. The molecule has 1 aromatic carbocycles. The fourth-order valence-corrected chi connectivity index (χ4v) is 4.12. The average molecular weight is 384 g/mol. The van der Waals surface area contributed by atoms with E-state index in [0.29, 0.717) is 13.2 Å². The van der Waals surface area contributed by atoms with E-state index in [0.717, 1.165) is 49.7 Å². The maximum absolute atomic E-state index is 12.9. The van der Waals surface area contributed by atoms with Crippen molar-refractivity contribution in [1.29, 1.82) is 0 Å². The Kier molecular flexibility index (Phi) is 6.57. The van der Waals surface area contributed by atoms with Gasteiger partial charge in [0.05, 0.1) is 13.2 Å². The molecule has 0 atom stereocenters. The Bertz CT molecular complexity index is 833. The third kappa shape index (κ3) is 4.31. The van der Waals surface area contributed by atoms with Crippen molar-refractivity contribution in [2.24, 2.45) is 0 Å². The molecule has 0 aliphatic carbocycles. The van der Waals surface area contributed by atoms with Crippen molar-refractivity contribution in [2.75, 3.05) is 51.3 Å². The Balaban J connectivity index is 1.60. The van der Waals surface area contributed by atoms with Gasteiger partial charge in [-0.25, -0.2) is 0 Å². The van der Waals surface area contributed by atoms with Gasteiger partial charge in [0, 0.05) is 62.5 Å². The molecule has 1 aromatic heterocycles. The molecule has 0 unspecified atom stereocenters. The summed E-state index contributed by atoms with van der Waals surface area (Å²) >= 11 is 0. The van der Waals surface area contributed by atoms with Crippen LogP contribution in [0.4, 0.5) is 5.69 Å². The summed E-state index contributed by atoms with van der Waals surface area (Å²) in [6, 6.07) is 8.53. The van der Waals surface area contributed by atoms with Crippen molar-refractivity contribution >= 4 is 11.5 Å². The molecule has 28 heavy (non-hydrogen) atoms. The molecule has 152 valence electrons. The van der Waals surface area contributed by atoms with Crippen LogP contribution in [-0.2, 0) is 11.3 Å². The van der Waals surface area contributed by atoms with Crippen LogP contribution in [0.5, 0.6) is 0 Å². The Morgan fingerprint density at radius 2 is 1.79 bits per heavy atom. The highest BCUT2D eigenvalue weighted by Crippen LogP contribution is 2.24. The van der Waals surface area contributed by atoms with E-state index in [4.69, 9.17) is 4.74 Å². The van der Waals surface area contributed by atoms with Gasteiger partial charge in [-0.2, -0.15) is 0 Å². The quantitative estimate of drug-likeness (QED) is 0.687. The van der Waals surface area contributed by atoms with Crippen molar-refractivity contribution in [2.45, 2.75) is 34.2 Å². The van der Waals surface area contributed by atoms with Crippen molar-refractivity contribution in [3.05, 3.63) is 52.3 Å². The standard InChI is InChI=1S/C23H33N3O2/c1-17-7-6-8-22(19(17)3)25-11-9-24(10-12-25)16-23(27)21-15-18(2)26(20(21)4)13-14-28-5/h6-8,15H,9-14,16H2,1-5H3. The van der Waals surface area contributed by atoms with Gasteiger partial charge in [0.2, 0.25) is 0 Å². The summed E-state index contributed by atoms with van der Waals surface area (Å²) < 4.78 is 7.37. The monoisotopic (exact) mass is 383 g/mol. The van der Waals surface area contributed by atoms with Gasteiger partial charge in [-0.1, -0.05) is 12.1 Å². The first-order valence-electron chi connectivity index (χ1n) is 10.1. The molecule has 2 aromatic rings. The molecule has 0 radical (unpaired) electrons. The SMILES string of the molecule is COCCn1c(C)cc(C(=O)CN2CCN(c3cccc(C)c3C)CC2)c1C. The minimum atomic E-state index is 0.219. The molecule has 2 heterocycles. The lowest BCUT2D eigenvalue weighted by Crippen LogP contribution is -2.48. The van der Waals surface area contributed by atoms with Crippen LogP contribution in [0.25, 0.3) is 0 Å². The predicted molar refractivity (Wildman–Crippen MR) is 115 cm³/mol. The van der Waals surface area contributed by atoms with Crippen LogP contribution in [0.3, 0.4) is 0 Å². The van der Waals surface area contributed by atoms with Crippen LogP contribution in [-0.4, -0.2) is 61.7 Å². The number of rotatable bonds is 7. The molecule has 3 rings (SSSR count). The van der Waals surface area contributed by atoms with Crippen LogP contribution >= 0.6 is 0 Å². The summed E-state index contributed by atoms with van der Waals surface area (Å²) in [5.74, 6) is 0.219. The molecular weight excluding hydrogens is 350 g/mol. The molecule has 1 aliphatic heterocycles. The largest absolute Gasteiger partial charge is 0.383 e. The van der Waals surface area contributed by atoms with E-state index in [1.165, 1.54) is 16.8 Å². The van der Waals surface area contributed by atoms with E-state index in [1.807, 2.05) is 13.0 Å². The molecule has 0 N–H and O–H groups in total. The third-order valence-corrected chi connectivity index (χ3v) is 6.05. The van der Waals surface area contributed by atoms with Gasteiger partial charge in [-0.05, 0) is 51.0 Å². The van der Waals surface area contributed by atoms with Gasteiger partial charge in [0.15, 0.2) is 5.78 Å². The number of hydrogen-bond acceptors (Lipinski definition) is 4. The molecule has 1 saturated heterocycles. The molecule has 5 heteroatoms. The highest BCUT2D eigenvalue weighted by Gasteiger charge is 2.23. The zero-order valence-corrected chi connectivity index (χ0v) is 17.9. The molecule has 5 nitrogen and oxygen atoms in total. The number of carbonyl (C=O) groups excluding carboxylic acids is 1. The van der Waals surface area contributed by atoms with E-state index in [1.54, 1.807) is 7.11 Å². The summed E-state index contributed by atoms with van der Waals surface area (Å²) in [6.07, 6.45) is 0. The van der Waals surface area contributed by atoms with Gasteiger partial charge >= 0.3 is 0 Å². The number of methoxy groups -OCH3 is 1. The maximum atomic E-state index is 12.9. The van der Waals surface area contributed by atoms with Crippen LogP contribution in [0.2, 0.25) is 0 Å². The first-order chi connectivity index (χ1) is 13.4. The Morgan fingerprint density at radius 1 is 1.07 bits per heavy atom. The molecule has 1 fully saturated rings. The number of anilines is 1. The average Bonchev–Trinajstić information content (AvgIpc) is 2.97. The van der Waals surface area contributed by atoms with E-state index >= 15 is 0 Å². The fraction of sp³-hybridized carbons (Fsp3) is 0.522. The van der Waals surface area contributed by atoms with Crippen LogP contribution in [0.15, 0.2) is 24.3 Å². The molecule has 1 aliphatic rings. The summed E-state index contributed by atoms with van der Waals surface area (Å²) in [5.41, 5.74) is 7.04. The summed E-state index contributed by atoms with van der Waals surface area (Å²) in [7, 11) is 1.71. The Morgan fingerprint density at radius 3 is 2.46 bits per heavy atom.